The second-order valence-corrected chi connectivity index (χ2v) is 4.54. The van der Waals surface area contributed by atoms with Crippen LogP contribution in [0, 0.1) is 0 Å². The second kappa shape index (κ2) is 5.05. The zero-order chi connectivity index (χ0) is 13.9. The molecule has 0 bridgehead atoms. The summed E-state index contributed by atoms with van der Waals surface area (Å²) < 4.78 is 0. The molecule has 2 aromatic carbocycles. The number of rotatable bonds is 3. The molecule has 0 amide bonds. The third kappa shape index (κ3) is 2.34. The maximum atomic E-state index is 12.0. The lowest BCUT2D eigenvalue weighted by molar-refractivity contribution is 0.104. The predicted octanol–water partition coefficient (Wildman–Crippen LogP) is 3.77. The van der Waals surface area contributed by atoms with Gasteiger partial charge in [0.05, 0.1) is 5.56 Å². The van der Waals surface area contributed by atoms with E-state index < -0.39 is 0 Å². The molecule has 0 aliphatic carbocycles. The van der Waals surface area contributed by atoms with Gasteiger partial charge in [-0.2, -0.15) is 0 Å². The molecule has 1 aromatic heterocycles. The minimum absolute atomic E-state index is 0.00300. The second-order valence-electron chi connectivity index (χ2n) is 4.54. The van der Waals surface area contributed by atoms with Gasteiger partial charge in [-0.25, -0.2) is 0 Å². The van der Waals surface area contributed by atoms with Crippen molar-refractivity contribution in [3.05, 3.63) is 71.9 Å². The Morgan fingerprint density at radius 1 is 1.10 bits per heavy atom. The quantitative estimate of drug-likeness (QED) is 0.558. The van der Waals surface area contributed by atoms with Crippen molar-refractivity contribution >= 4 is 22.8 Å². The molecule has 98 valence electrons. The van der Waals surface area contributed by atoms with Crippen LogP contribution in [0.3, 0.4) is 0 Å². The van der Waals surface area contributed by atoms with Crippen LogP contribution in [0.15, 0.2) is 60.8 Å². The Kier molecular flexibility index (Phi) is 3.09. The van der Waals surface area contributed by atoms with Crippen molar-refractivity contribution in [2.45, 2.75) is 0 Å². The molecule has 0 aliphatic heterocycles. The van der Waals surface area contributed by atoms with Gasteiger partial charge < -0.3 is 10.1 Å². The van der Waals surface area contributed by atoms with Gasteiger partial charge in [-0.3, -0.25) is 4.79 Å². The van der Waals surface area contributed by atoms with E-state index in [4.69, 9.17) is 0 Å². The molecule has 2 N–H and O–H groups in total. The van der Waals surface area contributed by atoms with Gasteiger partial charge in [0, 0.05) is 11.7 Å². The Morgan fingerprint density at radius 2 is 1.95 bits per heavy atom. The lowest BCUT2D eigenvalue weighted by Crippen LogP contribution is -1.94. The van der Waals surface area contributed by atoms with Crippen LogP contribution in [0.2, 0.25) is 0 Å². The maximum Gasteiger partial charge on any atom is 0.189 e. The minimum Gasteiger partial charge on any atom is -0.507 e. The molecule has 3 heteroatoms. The van der Waals surface area contributed by atoms with Gasteiger partial charge in [0.2, 0.25) is 0 Å². The zero-order valence-corrected chi connectivity index (χ0v) is 10.7. The van der Waals surface area contributed by atoms with Gasteiger partial charge in [-0.15, -0.1) is 0 Å². The monoisotopic (exact) mass is 263 g/mol. The molecule has 0 saturated carbocycles. The molecule has 3 rings (SSSR count). The number of carbonyl (C=O) groups excluding carboxylic acids is 1. The van der Waals surface area contributed by atoms with E-state index >= 15 is 0 Å². The van der Waals surface area contributed by atoms with E-state index in [9.17, 15) is 9.90 Å². The molecule has 0 saturated heterocycles. The average molecular weight is 263 g/mol. The molecule has 3 nitrogen and oxygen atoms in total. The Bertz CT molecular complexity index is 799. The summed E-state index contributed by atoms with van der Waals surface area (Å²) in [7, 11) is 0. The van der Waals surface area contributed by atoms with Gasteiger partial charge >= 0.3 is 0 Å². The number of ketones is 1. The van der Waals surface area contributed by atoms with Crippen molar-refractivity contribution in [3.8, 4) is 5.75 Å². The Labute approximate surface area is 116 Å². The van der Waals surface area contributed by atoms with Gasteiger partial charge in [-0.05, 0) is 47.4 Å². The van der Waals surface area contributed by atoms with Crippen molar-refractivity contribution in [2.24, 2.45) is 0 Å². The maximum absolute atomic E-state index is 12.0. The number of fused-ring (bicyclic) bond motifs is 1. The number of carbonyl (C=O) groups is 1. The fourth-order valence-electron chi connectivity index (χ4n) is 2.12. The predicted molar refractivity (Wildman–Crippen MR) is 79.8 cm³/mol. The Morgan fingerprint density at radius 3 is 2.80 bits per heavy atom. The van der Waals surface area contributed by atoms with Crippen LogP contribution in [-0.2, 0) is 0 Å². The molecule has 20 heavy (non-hydrogen) atoms. The third-order valence-corrected chi connectivity index (χ3v) is 3.17. The van der Waals surface area contributed by atoms with Gasteiger partial charge in [0.15, 0.2) is 5.78 Å². The van der Waals surface area contributed by atoms with E-state index in [-0.39, 0.29) is 11.5 Å². The Balaban J connectivity index is 1.86. The number of aromatic hydroxyl groups is 1. The zero-order valence-electron chi connectivity index (χ0n) is 10.7. The topological polar surface area (TPSA) is 53.1 Å². The highest BCUT2D eigenvalue weighted by atomic mass is 16.3. The summed E-state index contributed by atoms with van der Waals surface area (Å²) in [6, 6.07) is 14.4. The lowest BCUT2D eigenvalue weighted by atomic mass is 10.1. The summed E-state index contributed by atoms with van der Waals surface area (Å²) in [4.78, 5) is 15.1. The SMILES string of the molecule is O=C(/C=C/c1ccc2[nH]ccc2c1)c1ccccc1O. The number of aromatic nitrogens is 1. The van der Waals surface area contributed by atoms with Crippen molar-refractivity contribution in [3.63, 3.8) is 0 Å². The van der Waals surface area contributed by atoms with Crippen molar-refractivity contribution < 1.29 is 9.90 Å². The van der Waals surface area contributed by atoms with Gasteiger partial charge in [0.25, 0.3) is 0 Å². The number of hydrogen-bond donors (Lipinski definition) is 2. The van der Waals surface area contributed by atoms with Gasteiger partial charge in [0.1, 0.15) is 5.75 Å². The van der Waals surface area contributed by atoms with E-state index in [1.807, 2.05) is 30.5 Å². The number of nitrogens with one attached hydrogen (secondary N) is 1. The normalized spacial score (nSPS) is 11.2. The summed E-state index contributed by atoms with van der Waals surface area (Å²) >= 11 is 0. The van der Waals surface area contributed by atoms with E-state index in [0.29, 0.717) is 5.56 Å². The molecule has 0 fully saturated rings. The Hall–Kier alpha value is -2.81. The number of hydrogen-bond acceptors (Lipinski definition) is 2. The van der Waals surface area contributed by atoms with Crippen molar-refractivity contribution in [1.82, 2.24) is 4.98 Å². The standard InChI is InChI=1S/C17H13NO2/c19-16-4-2-1-3-14(16)17(20)8-6-12-5-7-15-13(11-12)9-10-18-15/h1-11,18-19H/b8-6+. The molecule has 1 heterocycles. The first-order valence-corrected chi connectivity index (χ1v) is 6.31. The molecule has 0 aliphatic rings. The first kappa shape index (κ1) is 12.2. The molecule has 3 aromatic rings. The van der Waals surface area contributed by atoms with Crippen molar-refractivity contribution in [1.29, 1.82) is 0 Å². The third-order valence-electron chi connectivity index (χ3n) is 3.17. The van der Waals surface area contributed by atoms with E-state index in [2.05, 4.69) is 4.98 Å². The van der Waals surface area contributed by atoms with E-state index in [0.717, 1.165) is 16.5 Å². The largest absolute Gasteiger partial charge is 0.507 e. The summed E-state index contributed by atoms with van der Waals surface area (Å²) in [6.07, 6.45) is 5.11. The fraction of sp³-hybridized carbons (Fsp3) is 0. The van der Waals surface area contributed by atoms with Crippen LogP contribution < -0.4 is 0 Å². The van der Waals surface area contributed by atoms with Gasteiger partial charge in [-0.1, -0.05) is 24.3 Å². The number of H-pyrrole nitrogens is 1. The number of phenols is 1. The van der Waals surface area contributed by atoms with Crippen LogP contribution in [0.25, 0.3) is 17.0 Å². The van der Waals surface area contributed by atoms with Crippen LogP contribution >= 0.6 is 0 Å². The number of allylic oxidation sites excluding steroid dienone is 1. The minimum atomic E-state index is -0.211. The van der Waals surface area contributed by atoms with E-state index in [1.54, 1.807) is 24.3 Å². The van der Waals surface area contributed by atoms with Crippen molar-refractivity contribution in [2.75, 3.05) is 0 Å². The highest BCUT2D eigenvalue weighted by molar-refractivity contribution is 6.08. The highest BCUT2D eigenvalue weighted by Crippen LogP contribution is 2.18. The summed E-state index contributed by atoms with van der Waals surface area (Å²) in [5.41, 5.74) is 2.32. The smallest absolute Gasteiger partial charge is 0.189 e. The number of phenolic OH excluding ortho intramolecular Hbond substituents is 1. The van der Waals surface area contributed by atoms with Crippen LogP contribution in [-0.4, -0.2) is 15.9 Å². The molecule has 0 radical (unpaired) electrons. The number of benzene rings is 2. The first-order valence-electron chi connectivity index (χ1n) is 6.31. The fourth-order valence-corrected chi connectivity index (χ4v) is 2.12. The molecule has 0 atom stereocenters. The van der Waals surface area contributed by atoms with Crippen LogP contribution in [0.1, 0.15) is 15.9 Å². The molecular formula is C17H13NO2. The van der Waals surface area contributed by atoms with Crippen LogP contribution in [0.5, 0.6) is 5.75 Å². The molecule has 0 spiro atoms. The number of aromatic amines is 1. The molecule has 0 unspecified atom stereocenters. The number of para-hydroxylation sites is 1. The average Bonchev–Trinajstić information content (AvgIpc) is 2.92. The highest BCUT2D eigenvalue weighted by Gasteiger charge is 2.06. The summed E-state index contributed by atoms with van der Waals surface area (Å²) in [5, 5.41) is 10.7. The summed E-state index contributed by atoms with van der Waals surface area (Å²) in [5.74, 6) is -0.208. The van der Waals surface area contributed by atoms with E-state index in [1.165, 1.54) is 12.1 Å². The molecular weight excluding hydrogens is 250 g/mol. The summed E-state index contributed by atoms with van der Waals surface area (Å²) in [6.45, 7) is 0. The van der Waals surface area contributed by atoms with Crippen LogP contribution in [0.4, 0.5) is 0 Å². The lowest BCUT2D eigenvalue weighted by Gasteiger charge is -1.99. The first-order chi connectivity index (χ1) is 9.74.